The monoisotopic (exact) mass is 349 g/mol. The van der Waals surface area contributed by atoms with E-state index in [0.717, 1.165) is 42.1 Å². The van der Waals surface area contributed by atoms with Crippen LogP contribution in [0.15, 0.2) is 42.5 Å². The first kappa shape index (κ1) is 16.4. The Bertz CT molecular complexity index is 1030. The van der Waals surface area contributed by atoms with Crippen LogP contribution in [-0.2, 0) is 19.4 Å². The van der Waals surface area contributed by atoms with E-state index in [2.05, 4.69) is 4.57 Å². The number of carboxylic acids is 2. The molecule has 0 atom stereocenters. The van der Waals surface area contributed by atoms with Gasteiger partial charge in [0.2, 0.25) is 0 Å². The van der Waals surface area contributed by atoms with E-state index in [4.69, 9.17) is 0 Å². The van der Waals surface area contributed by atoms with Gasteiger partial charge in [0.05, 0.1) is 16.6 Å². The van der Waals surface area contributed by atoms with Crippen LogP contribution < -0.4 is 0 Å². The largest absolute Gasteiger partial charge is 0.478 e. The number of hydrogen-bond acceptors (Lipinski definition) is 2. The highest BCUT2D eigenvalue weighted by molar-refractivity contribution is 6.04. The van der Waals surface area contributed by atoms with Crippen LogP contribution in [0.4, 0.5) is 0 Å². The van der Waals surface area contributed by atoms with Crippen molar-refractivity contribution in [3.05, 3.63) is 70.4 Å². The fraction of sp³-hybridized carbons (Fsp3) is 0.238. The predicted molar refractivity (Wildman–Crippen MR) is 98.0 cm³/mol. The smallest absolute Gasteiger partial charge is 0.337 e. The van der Waals surface area contributed by atoms with Crippen molar-refractivity contribution in [3.63, 3.8) is 0 Å². The van der Waals surface area contributed by atoms with Crippen LogP contribution in [0.2, 0.25) is 0 Å². The lowest BCUT2D eigenvalue weighted by molar-refractivity contribution is 0.0687. The van der Waals surface area contributed by atoms with Crippen LogP contribution in [0.1, 0.15) is 50.4 Å². The maximum atomic E-state index is 11.8. The van der Waals surface area contributed by atoms with Gasteiger partial charge in [-0.05, 0) is 55.0 Å². The Balaban J connectivity index is 1.92. The summed E-state index contributed by atoms with van der Waals surface area (Å²) < 4.78 is 2.08. The molecule has 1 aliphatic carbocycles. The summed E-state index contributed by atoms with van der Waals surface area (Å²) in [5, 5.41) is 19.9. The molecule has 0 saturated heterocycles. The molecule has 4 rings (SSSR count). The minimum Gasteiger partial charge on any atom is -0.478 e. The number of para-hydroxylation sites is 1. The molecule has 0 fully saturated rings. The zero-order chi connectivity index (χ0) is 18.3. The van der Waals surface area contributed by atoms with Crippen molar-refractivity contribution in [1.82, 2.24) is 4.57 Å². The zero-order valence-corrected chi connectivity index (χ0v) is 14.2. The van der Waals surface area contributed by atoms with Crippen molar-refractivity contribution in [2.24, 2.45) is 0 Å². The molecular weight excluding hydrogens is 330 g/mol. The second kappa shape index (κ2) is 6.33. The van der Waals surface area contributed by atoms with Crippen LogP contribution >= 0.6 is 0 Å². The number of carbonyl (C=O) groups is 2. The van der Waals surface area contributed by atoms with E-state index in [1.54, 1.807) is 30.3 Å². The van der Waals surface area contributed by atoms with E-state index in [0.29, 0.717) is 12.1 Å². The highest BCUT2D eigenvalue weighted by Gasteiger charge is 2.23. The molecule has 1 heterocycles. The summed E-state index contributed by atoms with van der Waals surface area (Å²) in [4.78, 5) is 23.0. The molecule has 0 amide bonds. The van der Waals surface area contributed by atoms with Gasteiger partial charge in [0.1, 0.15) is 0 Å². The van der Waals surface area contributed by atoms with E-state index in [-0.39, 0.29) is 5.56 Å². The van der Waals surface area contributed by atoms with Crippen LogP contribution in [0, 0.1) is 0 Å². The molecular formula is C21H19NO4. The lowest BCUT2D eigenvalue weighted by Gasteiger charge is -2.16. The summed E-state index contributed by atoms with van der Waals surface area (Å²) in [6.07, 6.45) is 4.07. The van der Waals surface area contributed by atoms with E-state index in [1.165, 1.54) is 11.3 Å². The van der Waals surface area contributed by atoms with Crippen LogP contribution in [-0.4, -0.2) is 26.7 Å². The minimum absolute atomic E-state index is 0.242. The van der Waals surface area contributed by atoms with Crippen molar-refractivity contribution < 1.29 is 19.8 Å². The number of aromatic carboxylic acids is 2. The van der Waals surface area contributed by atoms with Gasteiger partial charge in [-0.3, -0.25) is 0 Å². The number of aryl methyl sites for hydroxylation is 1. The Morgan fingerprint density at radius 1 is 0.962 bits per heavy atom. The van der Waals surface area contributed by atoms with Gasteiger partial charge < -0.3 is 14.8 Å². The third-order valence-corrected chi connectivity index (χ3v) is 5.14. The van der Waals surface area contributed by atoms with Gasteiger partial charge in [0.15, 0.2) is 0 Å². The molecule has 0 spiro atoms. The lowest BCUT2D eigenvalue weighted by Crippen LogP contribution is -2.11. The number of hydrogen-bond donors (Lipinski definition) is 2. The van der Waals surface area contributed by atoms with Crippen LogP contribution in [0.5, 0.6) is 0 Å². The average molecular weight is 349 g/mol. The molecule has 2 N–H and O–H groups in total. The average Bonchev–Trinajstić information content (AvgIpc) is 2.96. The maximum Gasteiger partial charge on any atom is 0.337 e. The van der Waals surface area contributed by atoms with Crippen molar-refractivity contribution in [2.45, 2.75) is 32.2 Å². The summed E-state index contributed by atoms with van der Waals surface area (Å²) in [6.45, 7) is 0.469. The van der Waals surface area contributed by atoms with Gasteiger partial charge in [0.25, 0.3) is 0 Å². The molecule has 0 aliphatic heterocycles. The number of rotatable bonds is 4. The van der Waals surface area contributed by atoms with Crippen molar-refractivity contribution >= 4 is 22.8 Å². The number of aromatic nitrogens is 1. The summed E-state index contributed by atoms with van der Waals surface area (Å²) in [5.74, 6) is -1.90. The van der Waals surface area contributed by atoms with Crippen molar-refractivity contribution in [1.29, 1.82) is 0 Å². The van der Waals surface area contributed by atoms with Gasteiger partial charge >= 0.3 is 11.9 Å². The SMILES string of the molecule is O=C(O)c1cccc(Cn2c3c(c4cccc(C(=O)O)c42)CCCC3)c1. The fourth-order valence-corrected chi connectivity index (χ4v) is 4.02. The maximum absolute atomic E-state index is 11.8. The summed E-state index contributed by atoms with van der Waals surface area (Å²) in [5.41, 5.74) is 4.56. The summed E-state index contributed by atoms with van der Waals surface area (Å²) >= 11 is 0. The number of nitrogens with zero attached hydrogens (tertiary/aromatic N) is 1. The molecule has 0 radical (unpaired) electrons. The van der Waals surface area contributed by atoms with Gasteiger partial charge in [-0.2, -0.15) is 0 Å². The van der Waals surface area contributed by atoms with E-state index < -0.39 is 11.9 Å². The number of benzene rings is 2. The number of carboxylic acid groups (broad SMARTS) is 2. The van der Waals surface area contributed by atoms with E-state index in [1.807, 2.05) is 12.1 Å². The Hall–Kier alpha value is -3.08. The Morgan fingerprint density at radius 3 is 2.50 bits per heavy atom. The normalized spacial score (nSPS) is 13.5. The second-order valence-corrected chi connectivity index (χ2v) is 6.73. The van der Waals surface area contributed by atoms with Crippen molar-refractivity contribution in [2.75, 3.05) is 0 Å². The Kier molecular flexibility index (Phi) is 3.99. The first-order valence-corrected chi connectivity index (χ1v) is 8.74. The topological polar surface area (TPSA) is 79.5 Å². The molecule has 2 aromatic carbocycles. The molecule has 1 aromatic heterocycles. The van der Waals surface area contributed by atoms with Gasteiger partial charge in [-0.25, -0.2) is 9.59 Å². The van der Waals surface area contributed by atoms with Gasteiger partial charge in [-0.1, -0.05) is 24.3 Å². The molecule has 5 heteroatoms. The minimum atomic E-state index is -0.961. The first-order chi connectivity index (χ1) is 12.6. The molecule has 132 valence electrons. The lowest BCUT2D eigenvalue weighted by atomic mass is 9.95. The molecule has 3 aromatic rings. The predicted octanol–water partition coefficient (Wildman–Crippen LogP) is 3.96. The molecule has 0 saturated carbocycles. The molecule has 26 heavy (non-hydrogen) atoms. The summed E-state index contributed by atoms with van der Waals surface area (Å²) in [6, 6.07) is 12.3. The van der Waals surface area contributed by atoms with Gasteiger partial charge in [-0.15, -0.1) is 0 Å². The third kappa shape index (κ3) is 2.65. The Labute approximate surface area is 150 Å². The van der Waals surface area contributed by atoms with E-state index in [9.17, 15) is 19.8 Å². The second-order valence-electron chi connectivity index (χ2n) is 6.73. The molecule has 0 unspecified atom stereocenters. The standard InChI is InChI=1S/C21H19NO4/c23-20(24)14-6-3-5-13(11-14)12-22-18-10-2-1-7-15(18)16-8-4-9-17(19(16)22)21(25)26/h3-6,8-9,11H,1-2,7,10,12H2,(H,23,24)(H,25,26). The molecule has 1 aliphatic rings. The quantitative estimate of drug-likeness (QED) is 0.747. The van der Waals surface area contributed by atoms with Crippen LogP contribution in [0.3, 0.4) is 0 Å². The fourth-order valence-electron chi connectivity index (χ4n) is 4.02. The zero-order valence-electron chi connectivity index (χ0n) is 14.2. The van der Waals surface area contributed by atoms with Crippen LogP contribution in [0.25, 0.3) is 10.9 Å². The highest BCUT2D eigenvalue weighted by Crippen LogP contribution is 2.34. The first-order valence-electron chi connectivity index (χ1n) is 8.74. The molecule has 5 nitrogen and oxygen atoms in total. The highest BCUT2D eigenvalue weighted by atomic mass is 16.4. The Morgan fingerprint density at radius 2 is 1.73 bits per heavy atom. The van der Waals surface area contributed by atoms with Gasteiger partial charge in [0, 0.05) is 17.6 Å². The van der Waals surface area contributed by atoms with Crippen molar-refractivity contribution in [3.8, 4) is 0 Å². The van der Waals surface area contributed by atoms with E-state index >= 15 is 0 Å². The third-order valence-electron chi connectivity index (χ3n) is 5.14. The summed E-state index contributed by atoms with van der Waals surface area (Å²) in [7, 11) is 0. The number of fused-ring (bicyclic) bond motifs is 3. The molecule has 0 bridgehead atoms.